The Kier molecular flexibility index (Phi) is 12.6. The number of benzene rings is 3. The van der Waals surface area contributed by atoms with Crippen molar-refractivity contribution in [1.29, 1.82) is 0 Å². The van der Waals surface area contributed by atoms with Crippen LogP contribution in [0.25, 0.3) is 11.1 Å². The highest BCUT2D eigenvalue weighted by atomic mass is 16.6. The van der Waals surface area contributed by atoms with Crippen molar-refractivity contribution in [3.8, 4) is 39.9 Å². The molecule has 0 fully saturated rings. The van der Waals surface area contributed by atoms with Gasteiger partial charge in [0.15, 0.2) is 11.5 Å². The third kappa shape index (κ3) is 10.1. The second-order valence-corrected chi connectivity index (χ2v) is 10.6. The standard InChI is InChI=1S/C35H42O9/c1-2-40-28-21-27(26-13-15-32-33(23-26)44-20-19-43-32)22-29(24-28)41-17-6-4-3-5-9-25-10-7-11-31(30(25)14-16-35(38)39)42-18-8-12-34(36)37/h7,10-11,13,15,21-24H,2-6,8-9,12,14,16-20H2,1H3,(H,36,37)(H,38,39). The highest BCUT2D eigenvalue weighted by Gasteiger charge is 2.15. The number of fused-ring (bicyclic) bond motifs is 1. The first-order valence-electron chi connectivity index (χ1n) is 15.4. The van der Waals surface area contributed by atoms with E-state index in [0.717, 1.165) is 77.4 Å². The molecule has 0 saturated carbocycles. The van der Waals surface area contributed by atoms with Gasteiger partial charge in [-0.1, -0.05) is 31.0 Å². The maximum absolute atomic E-state index is 11.3. The van der Waals surface area contributed by atoms with Crippen molar-refractivity contribution >= 4 is 11.9 Å². The van der Waals surface area contributed by atoms with Crippen molar-refractivity contribution in [2.75, 3.05) is 33.0 Å². The Morgan fingerprint density at radius 3 is 2.20 bits per heavy atom. The molecule has 44 heavy (non-hydrogen) atoms. The molecule has 0 spiro atoms. The monoisotopic (exact) mass is 606 g/mol. The highest BCUT2D eigenvalue weighted by molar-refractivity contribution is 5.70. The lowest BCUT2D eigenvalue weighted by Crippen LogP contribution is -2.15. The van der Waals surface area contributed by atoms with Gasteiger partial charge < -0.3 is 33.9 Å². The minimum atomic E-state index is -0.862. The summed E-state index contributed by atoms with van der Waals surface area (Å²) in [5, 5.41) is 18.1. The molecule has 4 rings (SSSR count). The number of unbranched alkanes of at least 4 members (excludes halogenated alkanes) is 3. The summed E-state index contributed by atoms with van der Waals surface area (Å²) in [4.78, 5) is 22.1. The van der Waals surface area contributed by atoms with Gasteiger partial charge in [0, 0.05) is 18.9 Å². The van der Waals surface area contributed by atoms with Crippen molar-refractivity contribution < 1.29 is 43.5 Å². The molecule has 0 saturated heterocycles. The molecule has 0 unspecified atom stereocenters. The first-order valence-corrected chi connectivity index (χ1v) is 15.4. The second kappa shape index (κ2) is 17.0. The summed E-state index contributed by atoms with van der Waals surface area (Å²) < 4.78 is 29.2. The van der Waals surface area contributed by atoms with Gasteiger partial charge in [-0.2, -0.15) is 0 Å². The van der Waals surface area contributed by atoms with Gasteiger partial charge in [0.1, 0.15) is 30.5 Å². The van der Waals surface area contributed by atoms with Crippen molar-refractivity contribution in [2.24, 2.45) is 0 Å². The fourth-order valence-corrected chi connectivity index (χ4v) is 5.16. The zero-order chi connectivity index (χ0) is 31.1. The van der Waals surface area contributed by atoms with Gasteiger partial charge in [-0.25, -0.2) is 0 Å². The van der Waals surface area contributed by atoms with Crippen LogP contribution in [-0.2, 0) is 22.4 Å². The summed E-state index contributed by atoms with van der Waals surface area (Å²) >= 11 is 0. The van der Waals surface area contributed by atoms with Crippen LogP contribution in [0, 0.1) is 0 Å². The highest BCUT2D eigenvalue weighted by Crippen LogP contribution is 2.37. The van der Waals surface area contributed by atoms with E-state index in [1.165, 1.54) is 0 Å². The average molecular weight is 607 g/mol. The van der Waals surface area contributed by atoms with Crippen LogP contribution >= 0.6 is 0 Å². The van der Waals surface area contributed by atoms with Gasteiger partial charge in [0.25, 0.3) is 0 Å². The van der Waals surface area contributed by atoms with E-state index >= 15 is 0 Å². The fourth-order valence-electron chi connectivity index (χ4n) is 5.16. The third-order valence-electron chi connectivity index (χ3n) is 7.29. The number of ether oxygens (including phenoxy) is 5. The first kappa shape index (κ1) is 32.5. The lowest BCUT2D eigenvalue weighted by Gasteiger charge is -2.19. The molecule has 9 heteroatoms. The Hall–Kier alpha value is -4.40. The van der Waals surface area contributed by atoms with Crippen molar-refractivity contribution in [3.63, 3.8) is 0 Å². The van der Waals surface area contributed by atoms with E-state index in [2.05, 4.69) is 0 Å². The molecule has 0 bridgehead atoms. The largest absolute Gasteiger partial charge is 0.494 e. The molecule has 0 atom stereocenters. The number of hydrogen-bond acceptors (Lipinski definition) is 7. The molecular weight excluding hydrogens is 564 g/mol. The van der Waals surface area contributed by atoms with Crippen LogP contribution in [0.5, 0.6) is 28.7 Å². The van der Waals surface area contributed by atoms with Crippen LogP contribution in [0.1, 0.15) is 63.0 Å². The molecule has 0 amide bonds. The zero-order valence-corrected chi connectivity index (χ0v) is 25.3. The molecule has 1 aliphatic rings. The van der Waals surface area contributed by atoms with Crippen molar-refractivity contribution in [1.82, 2.24) is 0 Å². The SMILES string of the molecule is CCOc1cc(OCCCCCCc2cccc(OCCCC(=O)O)c2CCC(=O)O)cc(-c2ccc3c(c2)OCCO3)c1. The van der Waals surface area contributed by atoms with E-state index < -0.39 is 11.9 Å². The number of carboxylic acid groups (broad SMARTS) is 2. The van der Waals surface area contributed by atoms with E-state index in [9.17, 15) is 14.7 Å². The molecule has 2 N–H and O–H groups in total. The maximum atomic E-state index is 11.3. The zero-order valence-electron chi connectivity index (χ0n) is 25.3. The number of hydrogen-bond donors (Lipinski definition) is 2. The van der Waals surface area contributed by atoms with Crippen molar-refractivity contribution in [3.05, 3.63) is 65.7 Å². The summed E-state index contributed by atoms with van der Waals surface area (Å²) in [5.74, 6) is 1.92. The Bertz CT molecular complexity index is 1380. The first-order chi connectivity index (χ1) is 21.4. The van der Waals surface area contributed by atoms with Crippen LogP contribution in [0.4, 0.5) is 0 Å². The molecule has 0 aromatic heterocycles. The Labute approximate surface area is 258 Å². The van der Waals surface area contributed by atoms with E-state index in [-0.39, 0.29) is 19.4 Å². The van der Waals surface area contributed by atoms with Crippen LogP contribution in [0.15, 0.2) is 54.6 Å². The predicted octanol–water partition coefficient (Wildman–Crippen LogP) is 6.97. The lowest BCUT2D eigenvalue weighted by atomic mass is 9.97. The van der Waals surface area contributed by atoms with Crippen LogP contribution < -0.4 is 23.7 Å². The lowest BCUT2D eigenvalue weighted by molar-refractivity contribution is -0.138. The minimum absolute atomic E-state index is 0.0146. The molecule has 3 aromatic rings. The Balaban J connectivity index is 1.27. The van der Waals surface area contributed by atoms with E-state index in [4.69, 9.17) is 28.8 Å². The normalized spacial score (nSPS) is 12.0. The predicted molar refractivity (Wildman–Crippen MR) is 166 cm³/mol. The topological polar surface area (TPSA) is 121 Å². The third-order valence-corrected chi connectivity index (χ3v) is 7.29. The molecule has 9 nitrogen and oxygen atoms in total. The van der Waals surface area contributed by atoms with E-state index in [1.807, 2.05) is 61.5 Å². The number of rotatable bonds is 19. The van der Waals surface area contributed by atoms with Gasteiger partial charge in [-0.15, -0.1) is 0 Å². The summed E-state index contributed by atoms with van der Waals surface area (Å²) in [6.07, 6.45) is 5.50. The van der Waals surface area contributed by atoms with Gasteiger partial charge in [-0.3, -0.25) is 9.59 Å². The average Bonchev–Trinajstić information content (AvgIpc) is 3.01. The summed E-state index contributed by atoms with van der Waals surface area (Å²) in [5.41, 5.74) is 3.96. The van der Waals surface area contributed by atoms with Crippen molar-refractivity contribution in [2.45, 2.75) is 64.7 Å². The fraction of sp³-hybridized carbons (Fsp3) is 0.429. The van der Waals surface area contributed by atoms with Crippen LogP contribution in [-0.4, -0.2) is 55.2 Å². The van der Waals surface area contributed by atoms with Gasteiger partial charge in [0.05, 0.1) is 19.8 Å². The molecular formula is C35H42O9. The summed E-state index contributed by atoms with van der Waals surface area (Å²) in [7, 11) is 0. The quantitative estimate of drug-likeness (QED) is 0.139. The number of aliphatic carboxylic acids is 2. The molecule has 3 aromatic carbocycles. The summed E-state index contributed by atoms with van der Waals surface area (Å²) in [6, 6.07) is 17.6. The van der Waals surface area contributed by atoms with E-state index in [0.29, 0.717) is 45.0 Å². The Morgan fingerprint density at radius 1 is 0.705 bits per heavy atom. The van der Waals surface area contributed by atoms with Gasteiger partial charge in [-0.05, 0) is 91.6 Å². The Morgan fingerprint density at radius 2 is 1.43 bits per heavy atom. The number of carbonyl (C=O) groups is 2. The van der Waals surface area contributed by atoms with Crippen LogP contribution in [0.3, 0.4) is 0 Å². The minimum Gasteiger partial charge on any atom is -0.494 e. The number of aryl methyl sites for hydroxylation is 1. The summed E-state index contributed by atoms with van der Waals surface area (Å²) in [6.45, 7) is 4.46. The van der Waals surface area contributed by atoms with Gasteiger partial charge >= 0.3 is 11.9 Å². The van der Waals surface area contributed by atoms with Gasteiger partial charge in [0.2, 0.25) is 0 Å². The maximum Gasteiger partial charge on any atom is 0.303 e. The van der Waals surface area contributed by atoms with Crippen LogP contribution in [0.2, 0.25) is 0 Å². The van der Waals surface area contributed by atoms with E-state index in [1.54, 1.807) is 0 Å². The molecule has 1 heterocycles. The second-order valence-electron chi connectivity index (χ2n) is 10.6. The molecule has 236 valence electrons. The molecule has 0 aliphatic carbocycles. The number of carboxylic acids is 2. The smallest absolute Gasteiger partial charge is 0.303 e. The molecule has 0 radical (unpaired) electrons. The molecule has 1 aliphatic heterocycles.